The number of urea groups is 1. The highest BCUT2D eigenvalue weighted by atomic mass is 32.1. The quantitative estimate of drug-likeness (QED) is 0.374. The summed E-state index contributed by atoms with van der Waals surface area (Å²) in [6.45, 7) is 1.09. The van der Waals surface area contributed by atoms with Gasteiger partial charge < -0.3 is 20.7 Å². The van der Waals surface area contributed by atoms with Gasteiger partial charge in [0, 0.05) is 38.1 Å². The molecule has 4 rings (SSSR count). The molecular weight excluding hydrogens is 444 g/mol. The molecule has 3 N–H and O–H groups in total. The van der Waals surface area contributed by atoms with Gasteiger partial charge in [0.1, 0.15) is 10.5 Å². The van der Waals surface area contributed by atoms with Gasteiger partial charge in [-0.2, -0.15) is 0 Å². The van der Waals surface area contributed by atoms with E-state index in [4.69, 9.17) is 4.74 Å². The van der Waals surface area contributed by atoms with E-state index in [0.29, 0.717) is 43.0 Å². The summed E-state index contributed by atoms with van der Waals surface area (Å²) in [6, 6.07) is -0.419. The van der Waals surface area contributed by atoms with E-state index in [2.05, 4.69) is 16.0 Å². The maximum absolute atomic E-state index is 12.9. The summed E-state index contributed by atoms with van der Waals surface area (Å²) in [6.07, 6.45) is 7.68. The van der Waals surface area contributed by atoms with Crippen molar-refractivity contribution in [3.63, 3.8) is 0 Å². The number of amides is 5. The average molecular weight is 477 g/mol. The van der Waals surface area contributed by atoms with E-state index >= 15 is 0 Å². The molecule has 1 aliphatic heterocycles. The maximum Gasteiger partial charge on any atom is 0.325 e. The number of nitrogens with zero attached hydrogens (tertiary/aromatic N) is 1. The minimum atomic E-state index is -0.769. The molecule has 2 heterocycles. The Hall–Kier alpha value is -2.46. The minimum Gasteiger partial charge on any atom is -0.385 e. The molecule has 2 fully saturated rings. The number of imide groups is 1. The number of fused-ring (bicyclic) bond motifs is 1. The second-order valence-electron chi connectivity index (χ2n) is 8.99. The molecule has 1 aromatic heterocycles. The van der Waals surface area contributed by atoms with Gasteiger partial charge in [0.15, 0.2) is 0 Å². The molecule has 33 heavy (non-hydrogen) atoms. The van der Waals surface area contributed by atoms with Crippen LogP contribution in [-0.4, -0.2) is 61.0 Å². The highest BCUT2D eigenvalue weighted by molar-refractivity contribution is 7.17. The summed E-state index contributed by atoms with van der Waals surface area (Å²) < 4.78 is 5.03. The van der Waals surface area contributed by atoms with E-state index in [1.165, 1.54) is 11.3 Å². The van der Waals surface area contributed by atoms with Crippen LogP contribution in [0.1, 0.15) is 72.2 Å². The summed E-state index contributed by atoms with van der Waals surface area (Å²) >= 11 is 1.46. The lowest BCUT2D eigenvalue weighted by atomic mass is 9.95. The third-order valence-corrected chi connectivity index (χ3v) is 7.93. The number of nitrogens with one attached hydrogen (secondary N) is 3. The van der Waals surface area contributed by atoms with E-state index in [-0.39, 0.29) is 30.7 Å². The van der Waals surface area contributed by atoms with E-state index < -0.39 is 11.6 Å². The van der Waals surface area contributed by atoms with Gasteiger partial charge in [0.05, 0.1) is 5.56 Å². The number of hydrogen-bond acceptors (Lipinski definition) is 6. The van der Waals surface area contributed by atoms with Gasteiger partial charge in [-0.3, -0.25) is 19.3 Å². The van der Waals surface area contributed by atoms with E-state index in [1.807, 2.05) is 0 Å². The van der Waals surface area contributed by atoms with Crippen LogP contribution in [0.25, 0.3) is 0 Å². The van der Waals surface area contributed by atoms with Crippen molar-refractivity contribution in [3.8, 4) is 0 Å². The lowest BCUT2D eigenvalue weighted by Gasteiger charge is -2.19. The van der Waals surface area contributed by atoms with Gasteiger partial charge in [-0.1, -0.05) is 12.8 Å². The minimum absolute atomic E-state index is 0.00724. The molecule has 5 amide bonds. The van der Waals surface area contributed by atoms with Crippen molar-refractivity contribution in [1.82, 2.24) is 15.5 Å². The predicted molar refractivity (Wildman–Crippen MR) is 124 cm³/mol. The van der Waals surface area contributed by atoms with Crippen LogP contribution in [0.3, 0.4) is 0 Å². The van der Waals surface area contributed by atoms with Crippen LogP contribution in [0.4, 0.5) is 9.80 Å². The van der Waals surface area contributed by atoms with Crippen LogP contribution in [0.2, 0.25) is 0 Å². The van der Waals surface area contributed by atoms with Gasteiger partial charge in [0.25, 0.3) is 11.8 Å². The molecule has 180 valence electrons. The van der Waals surface area contributed by atoms with Crippen LogP contribution in [0, 0.1) is 0 Å². The average Bonchev–Trinajstić information content (AvgIpc) is 3.47. The Morgan fingerprint density at radius 2 is 1.91 bits per heavy atom. The van der Waals surface area contributed by atoms with Crippen LogP contribution in [0.15, 0.2) is 0 Å². The van der Waals surface area contributed by atoms with Crippen molar-refractivity contribution < 1.29 is 23.9 Å². The van der Waals surface area contributed by atoms with Crippen LogP contribution in [0.5, 0.6) is 0 Å². The SMILES string of the molecule is COCCCNC(=O)c1c(NC(=O)CCN2C(=O)NC3(CCCC3)C2=O)sc2c1CCCC2. The second-order valence-corrected chi connectivity index (χ2v) is 10.1. The zero-order chi connectivity index (χ0) is 23.4. The number of carbonyl (C=O) groups is 4. The number of rotatable bonds is 9. The molecule has 1 aromatic rings. The van der Waals surface area contributed by atoms with Gasteiger partial charge in [-0.25, -0.2) is 4.79 Å². The number of thiophene rings is 1. The lowest BCUT2D eigenvalue weighted by Crippen LogP contribution is -2.44. The summed E-state index contributed by atoms with van der Waals surface area (Å²) in [5, 5.41) is 9.21. The molecule has 0 unspecified atom stereocenters. The third kappa shape index (κ3) is 4.91. The molecule has 10 heteroatoms. The first-order chi connectivity index (χ1) is 15.9. The summed E-state index contributed by atoms with van der Waals surface area (Å²) in [4.78, 5) is 53.1. The number of aryl methyl sites for hydroxylation is 1. The number of methoxy groups -OCH3 is 1. The van der Waals surface area contributed by atoms with E-state index in [9.17, 15) is 19.2 Å². The summed E-state index contributed by atoms with van der Waals surface area (Å²) in [5.41, 5.74) is 0.817. The molecule has 9 nitrogen and oxygen atoms in total. The fourth-order valence-electron chi connectivity index (χ4n) is 5.00. The molecule has 0 bridgehead atoms. The smallest absolute Gasteiger partial charge is 0.325 e. The Kier molecular flexibility index (Phi) is 7.33. The first kappa shape index (κ1) is 23.7. The number of carbonyl (C=O) groups excluding carboxylic acids is 4. The van der Waals surface area contributed by atoms with Gasteiger partial charge >= 0.3 is 6.03 Å². The highest BCUT2D eigenvalue weighted by Crippen LogP contribution is 2.38. The molecule has 1 spiro atoms. The Morgan fingerprint density at radius 3 is 2.67 bits per heavy atom. The van der Waals surface area contributed by atoms with Crippen molar-refractivity contribution in [2.45, 2.75) is 69.7 Å². The summed E-state index contributed by atoms with van der Waals surface area (Å²) in [7, 11) is 1.62. The van der Waals surface area contributed by atoms with E-state index in [1.54, 1.807) is 7.11 Å². The normalized spacial score (nSPS) is 19.0. The zero-order valence-corrected chi connectivity index (χ0v) is 19.9. The number of hydrogen-bond donors (Lipinski definition) is 3. The molecule has 0 aromatic carbocycles. The van der Waals surface area contributed by atoms with Gasteiger partial charge in [0.2, 0.25) is 5.91 Å². The zero-order valence-electron chi connectivity index (χ0n) is 19.1. The monoisotopic (exact) mass is 476 g/mol. The largest absolute Gasteiger partial charge is 0.385 e. The standard InChI is InChI=1S/C23H32N4O5S/c1-32-14-6-12-24-19(29)18-15-7-2-3-8-16(15)33-20(18)25-17(28)9-13-27-21(30)23(26-22(27)31)10-4-5-11-23/h2-14H2,1H3,(H,24,29)(H,25,28)(H,26,31). The van der Waals surface area contributed by atoms with Crippen LogP contribution < -0.4 is 16.0 Å². The van der Waals surface area contributed by atoms with Crippen molar-refractivity contribution in [3.05, 3.63) is 16.0 Å². The van der Waals surface area contributed by atoms with Crippen molar-refractivity contribution in [2.24, 2.45) is 0 Å². The molecule has 0 radical (unpaired) electrons. The number of anilines is 1. The van der Waals surface area contributed by atoms with Crippen molar-refractivity contribution >= 4 is 40.1 Å². The van der Waals surface area contributed by atoms with Crippen LogP contribution in [-0.2, 0) is 27.2 Å². The topological polar surface area (TPSA) is 117 Å². The van der Waals surface area contributed by atoms with Crippen LogP contribution >= 0.6 is 11.3 Å². The molecule has 1 saturated carbocycles. The summed E-state index contributed by atoms with van der Waals surface area (Å²) in [5.74, 6) is -0.714. The molecular formula is C23H32N4O5S. The van der Waals surface area contributed by atoms with E-state index in [0.717, 1.165) is 53.9 Å². The third-order valence-electron chi connectivity index (χ3n) is 6.73. The Labute approximate surface area is 197 Å². The van der Waals surface area contributed by atoms with Crippen molar-refractivity contribution in [1.29, 1.82) is 0 Å². The van der Waals surface area contributed by atoms with Gasteiger partial charge in [-0.05, 0) is 50.5 Å². The second kappa shape index (κ2) is 10.2. The molecule has 1 saturated heterocycles. The maximum atomic E-state index is 12.9. The predicted octanol–water partition coefficient (Wildman–Crippen LogP) is 2.59. The van der Waals surface area contributed by atoms with Gasteiger partial charge in [-0.15, -0.1) is 11.3 Å². The Morgan fingerprint density at radius 1 is 1.15 bits per heavy atom. The fraction of sp³-hybridized carbons (Fsp3) is 0.652. The Balaban J connectivity index is 1.40. The molecule has 3 aliphatic rings. The first-order valence-corrected chi connectivity index (χ1v) is 12.6. The van der Waals surface area contributed by atoms with Crippen molar-refractivity contribution in [2.75, 3.05) is 32.1 Å². The fourth-order valence-corrected chi connectivity index (χ4v) is 6.30. The Bertz CT molecular complexity index is 938. The lowest BCUT2D eigenvalue weighted by molar-refractivity contribution is -0.131. The first-order valence-electron chi connectivity index (χ1n) is 11.8. The number of ether oxygens (including phenoxy) is 1. The molecule has 0 atom stereocenters. The highest BCUT2D eigenvalue weighted by Gasteiger charge is 2.52. The molecule has 2 aliphatic carbocycles.